The fourth-order valence-corrected chi connectivity index (χ4v) is 6.01. The Morgan fingerprint density at radius 2 is 1.02 bits per heavy atom. The molecule has 0 fully saturated rings. The van der Waals surface area contributed by atoms with Crippen LogP contribution in [-0.2, 0) is 32.2 Å². The number of halogens is 1. The summed E-state index contributed by atoms with van der Waals surface area (Å²) in [6.07, 6.45) is 9.57. The highest BCUT2D eigenvalue weighted by molar-refractivity contribution is 9.09. The van der Waals surface area contributed by atoms with E-state index in [9.17, 15) is 9.59 Å². The maximum Gasteiger partial charge on any atom is 0.320 e. The van der Waals surface area contributed by atoms with Crippen molar-refractivity contribution in [3.63, 3.8) is 0 Å². The lowest BCUT2D eigenvalue weighted by molar-refractivity contribution is -0.144. The summed E-state index contributed by atoms with van der Waals surface area (Å²) in [5.74, 6) is -0.378. The average Bonchev–Trinajstić information content (AvgIpc) is 3.19. The number of rotatable bonds is 27. The molecular formula is C44H71BrN6O4. The predicted octanol–water partition coefficient (Wildman–Crippen LogP) is 9.68. The van der Waals surface area contributed by atoms with Gasteiger partial charge < -0.3 is 24.6 Å². The van der Waals surface area contributed by atoms with Gasteiger partial charge >= 0.3 is 11.9 Å². The number of ether oxygens (including phenoxy) is 2. The minimum Gasteiger partial charge on any atom is -0.465 e. The van der Waals surface area contributed by atoms with Crippen molar-refractivity contribution in [2.75, 3.05) is 77.4 Å². The standard InChI is InChI=1S/C22H35N3O2.C18H29N3.C4H7BrO2/c1-5-14-24(15-6-2)16-8-9-17-25(19-22(26)27-7-3)18-20-10-12-21(23-4)13-11-20;1-4-13-21(14-5-2)15-7-6-12-20-16-17-8-10-18(19-3)11-9-17;1-2-7-4(6)3-5/h10-13H,5-9,14-19H2,1-3H3;8-11,20H,4-7,12-16H2,1-2H3;2-3H2,1H3. The fourth-order valence-electron chi connectivity index (χ4n) is 5.85. The molecule has 0 bridgehead atoms. The molecule has 0 aromatic heterocycles. The minimum atomic E-state index is -0.206. The Bertz CT molecular complexity index is 1300. The topological polar surface area (TPSA) is 83.1 Å². The summed E-state index contributed by atoms with van der Waals surface area (Å²) in [6, 6.07) is 15.4. The lowest BCUT2D eigenvalue weighted by atomic mass is 10.2. The smallest absolute Gasteiger partial charge is 0.320 e. The van der Waals surface area contributed by atoms with Gasteiger partial charge in [-0.1, -0.05) is 92.2 Å². The molecule has 308 valence electrons. The molecule has 0 aliphatic heterocycles. The molecule has 0 aliphatic carbocycles. The van der Waals surface area contributed by atoms with Crippen molar-refractivity contribution in [3.05, 3.63) is 82.5 Å². The molecule has 0 heterocycles. The number of carbonyl (C=O) groups excluding carboxylic acids is 2. The van der Waals surface area contributed by atoms with Gasteiger partial charge in [0.2, 0.25) is 0 Å². The summed E-state index contributed by atoms with van der Waals surface area (Å²) < 4.78 is 9.63. The van der Waals surface area contributed by atoms with Crippen LogP contribution in [0.25, 0.3) is 9.69 Å². The number of hydrogen-bond donors (Lipinski definition) is 1. The van der Waals surface area contributed by atoms with Crippen LogP contribution < -0.4 is 5.32 Å². The lowest BCUT2D eigenvalue weighted by Crippen LogP contribution is -2.32. The SMILES string of the molecule is CCOC(=O)CBr.[C-]#[N+]c1ccc(CN(CCCCN(CCC)CCC)CC(=O)OCC)cc1.[C-]#[N+]c1ccc(CNCCCCN(CCC)CCC)cc1. The predicted molar refractivity (Wildman–Crippen MR) is 232 cm³/mol. The quantitative estimate of drug-likeness (QED) is 0.0413. The first-order valence-electron chi connectivity index (χ1n) is 20.4. The van der Waals surface area contributed by atoms with Gasteiger partial charge in [-0.3, -0.25) is 14.5 Å². The van der Waals surface area contributed by atoms with E-state index >= 15 is 0 Å². The maximum atomic E-state index is 11.9. The number of esters is 2. The van der Waals surface area contributed by atoms with Gasteiger partial charge in [0.1, 0.15) is 5.33 Å². The Morgan fingerprint density at radius 1 is 0.600 bits per heavy atom. The molecule has 2 aromatic carbocycles. The molecule has 11 heteroatoms. The van der Waals surface area contributed by atoms with Crippen LogP contribution in [0, 0.1) is 13.1 Å². The van der Waals surface area contributed by atoms with Crippen LogP contribution >= 0.6 is 15.9 Å². The van der Waals surface area contributed by atoms with Crippen molar-refractivity contribution in [1.82, 2.24) is 20.0 Å². The molecule has 10 nitrogen and oxygen atoms in total. The van der Waals surface area contributed by atoms with Crippen LogP contribution in [0.5, 0.6) is 0 Å². The molecule has 1 N–H and O–H groups in total. The van der Waals surface area contributed by atoms with Crippen molar-refractivity contribution in [3.8, 4) is 0 Å². The molecule has 0 amide bonds. The van der Waals surface area contributed by atoms with E-state index in [1.165, 1.54) is 63.7 Å². The van der Waals surface area contributed by atoms with Crippen LogP contribution in [0.2, 0.25) is 0 Å². The molecule has 2 aromatic rings. The van der Waals surface area contributed by atoms with Gasteiger partial charge in [-0.05, 0) is 129 Å². The Kier molecular flexibility index (Phi) is 34.1. The third kappa shape index (κ3) is 28.7. The second kappa shape index (κ2) is 36.3. The molecular weight excluding hydrogens is 756 g/mol. The van der Waals surface area contributed by atoms with Crippen molar-refractivity contribution < 1.29 is 19.1 Å². The summed E-state index contributed by atoms with van der Waals surface area (Å²) in [4.78, 5) is 36.2. The number of alkyl halides is 1. The molecule has 0 saturated carbocycles. The summed E-state index contributed by atoms with van der Waals surface area (Å²) in [5.41, 5.74) is 3.72. The van der Waals surface area contributed by atoms with Crippen LogP contribution in [0.3, 0.4) is 0 Å². The summed E-state index contributed by atoms with van der Waals surface area (Å²) >= 11 is 2.94. The minimum absolute atomic E-state index is 0.172. The lowest BCUT2D eigenvalue weighted by Gasteiger charge is -2.24. The van der Waals surface area contributed by atoms with Gasteiger partial charge in [-0.15, -0.1) is 0 Å². The third-order valence-corrected chi connectivity index (χ3v) is 8.83. The molecule has 2 rings (SSSR count). The molecule has 0 unspecified atom stereocenters. The molecule has 0 radical (unpaired) electrons. The number of nitrogens with zero attached hydrogens (tertiary/aromatic N) is 5. The van der Waals surface area contributed by atoms with Crippen molar-refractivity contribution in [2.24, 2.45) is 0 Å². The van der Waals surface area contributed by atoms with Crippen LogP contribution in [0.1, 0.15) is 104 Å². The van der Waals surface area contributed by atoms with Crippen LogP contribution in [-0.4, -0.2) is 104 Å². The molecule has 0 atom stereocenters. The van der Waals surface area contributed by atoms with E-state index in [4.69, 9.17) is 17.9 Å². The number of carbonyl (C=O) groups is 2. The Balaban J connectivity index is 0.000000922. The number of nitrogens with one attached hydrogen (secondary N) is 1. The largest absolute Gasteiger partial charge is 0.465 e. The van der Waals surface area contributed by atoms with E-state index in [0.717, 1.165) is 57.7 Å². The van der Waals surface area contributed by atoms with Crippen molar-refractivity contribution in [1.29, 1.82) is 0 Å². The number of benzene rings is 2. The van der Waals surface area contributed by atoms with E-state index in [2.05, 4.69) is 78.1 Å². The van der Waals surface area contributed by atoms with Crippen LogP contribution in [0.15, 0.2) is 48.5 Å². The summed E-state index contributed by atoms with van der Waals surface area (Å²) in [7, 11) is 0. The Labute approximate surface area is 343 Å². The van der Waals surface area contributed by atoms with E-state index in [1.807, 2.05) is 55.5 Å². The van der Waals surface area contributed by atoms with Crippen molar-refractivity contribution >= 4 is 39.2 Å². The first-order valence-corrected chi connectivity index (χ1v) is 21.5. The van der Waals surface area contributed by atoms with E-state index in [-0.39, 0.29) is 11.9 Å². The Morgan fingerprint density at radius 3 is 1.42 bits per heavy atom. The Hall–Kier alpha value is -3.32. The molecule has 55 heavy (non-hydrogen) atoms. The summed E-state index contributed by atoms with van der Waals surface area (Å²) in [6.45, 7) is 38.4. The molecule has 0 saturated heterocycles. The van der Waals surface area contributed by atoms with E-state index in [0.29, 0.717) is 43.0 Å². The molecule has 0 spiro atoms. The highest BCUT2D eigenvalue weighted by Crippen LogP contribution is 2.15. The maximum absolute atomic E-state index is 11.9. The number of unbranched alkanes of at least 4 members (excludes halogenated alkanes) is 2. The van der Waals surface area contributed by atoms with Gasteiger partial charge in [0.25, 0.3) is 0 Å². The summed E-state index contributed by atoms with van der Waals surface area (Å²) in [5, 5.41) is 3.77. The normalized spacial score (nSPS) is 10.5. The van der Waals surface area contributed by atoms with Gasteiger partial charge in [0.15, 0.2) is 11.4 Å². The van der Waals surface area contributed by atoms with Crippen molar-refractivity contribution in [2.45, 2.75) is 106 Å². The average molecular weight is 828 g/mol. The zero-order valence-corrected chi connectivity index (χ0v) is 36.5. The van der Waals surface area contributed by atoms with E-state index < -0.39 is 0 Å². The van der Waals surface area contributed by atoms with Crippen LogP contribution in [0.4, 0.5) is 11.4 Å². The van der Waals surface area contributed by atoms with Gasteiger partial charge in [-0.2, -0.15) is 0 Å². The highest BCUT2D eigenvalue weighted by atomic mass is 79.9. The first kappa shape index (κ1) is 51.7. The first-order chi connectivity index (χ1) is 26.7. The zero-order valence-electron chi connectivity index (χ0n) is 34.9. The monoisotopic (exact) mass is 826 g/mol. The van der Waals surface area contributed by atoms with Gasteiger partial charge in [-0.25, -0.2) is 9.69 Å². The van der Waals surface area contributed by atoms with Gasteiger partial charge in [0, 0.05) is 13.1 Å². The van der Waals surface area contributed by atoms with Gasteiger partial charge in [0.05, 0.1) is 32.9 Å². The second-order valence-electron chi connectivity index (χ2n) is 13.3. The third-order valence-electron chi connectivity index (χ3n) is 8.37. The number of hydrogen-bond acceptors (Lipinski definition) is 8. The highest BCUT2D eigenvalue weighted by Gasteiger charge is 2.13. The van der Waals surface area contributed by atoms with E-state index in [1.54, 1.807) is 6.92 Å². The molecule has 0 aliphatic rings. The zero-order chi connectivity index (χ0) is 40.9. The second-order valence-corrected chi connectivity index (χ2v) is 13.8. The fraction of sp³-hybridized carbons (Fsp3) is 0.636.